The molecule has 3 aromatic carbocycles. The Kier molecular flexibility index (Phi) is 6.23. The van der Waals surface area contributed by atoms with Gasteiger partial charge >= 0.3 is 5.97 Å². The Balaban J connectivity index is 1.39. The van der Waals surface area contributed by atoms with Crippen molar-refractivity contribution in [3.63, 3.8) is 0 Å². The van der Waals surface area contributed by atoms with Crippen LogP contribution in [0.2, 0.25) is 0 Å². The number of ether oxygens (including phenoxy) is 1. The molecule has 0 bridgehead atoms. The zero-order chi connectivity index (χ0) is 22.0. The molecule has 1 fully saturated rings. The van der Waals surface area contributed by atoms with E-state index in [9.17, 15) is 9.18 Å². The summed E-state index contributed by atoms with van der Waals surface area (Å²) in [6.07, 6.45) is 2.35. The lowest BCUT2D eigenvalue weighted by molar-refractivity contribution is -0.144. The van der Waals surface area contributed by atoms with Crippen molar-refractivity contribution < 1.29 is 19.0 Å². The molecule has 1 aliphatic rings. The van der Waals surface area contributed by atoms with Crippen LogP contribution in [0.25, 0.3) is 10.8 Å². The summed E-state index contributed by atoms with van der Waals surface area (Å²) in [5, 5.41) is 14.3. The highest BCUT2D eigenvalue weighted by Crippen LogP contribution is 2.36. The van der Waals surface area contributed by atoms with Crippen molar-refractivity contribution in [2.45, 2.75) is 57.2 Å². The van der Waals surface area contributed by atoms with Gasteiger partial charge in [0.1, 0.15) is 11.6 Å². The number of hydrogen-bond acceptors (Lipinski definition) is 3. The summed E-state index contributed by atoms with van der Waals surface area (Å²) in [6.45, 7) is 3.66. The maximum Gasteiger partial charge on any atom is 0.344 e. The molecule has 0 spiro atoms. The number of aliphatic carboxylic acids is 1. The number of fused-ring (bicyclic) bond motifs is 1. The third-order valence-electron chi connectivity index (χ3n) is 6.30. The van der Waals surface area contributed by atoms with Crippen LogP contribution >= 0.6 is 0 Å². The predicted octanol–water partition coefficient (Wildman–Crippen LogP) is 5.82. The normalized spacial score (nSPS) is 20.5. The lowest BCUT2D eigenvalue weighted by Gasteiger charge is -2.22. The van der Waals surface area contributed by atoms with Gasteiger partial charge in [-0.15, -0.1) is 0 Å². The summed E-state index contributed by atoms with van der Waals surface area (Å²) in [5.41, 5.74) is 2.37. The van der Waals surface area contributed by atoms with Crippen LogP contribution in [0.4, 0.5) is 4.39 Å². The molecule has 2 N–H and O–H groups in total. The lowest BCUT2D eigenvalue weighted by Crippen LogP contribution is -2.29. The fraction of sp³-hybridized carbons (Fsp3) is 0.346. The van der Waals surface area contributed by atoms with Gasteiger partial charge in [0.05, 0.1) is 0 Å². The molecule has 1 aliphatic carbocycles. The van der Waals surface area contributed by atoms with Crippen molar-refractivity contribution >= 4 is 16.7 Å². The smallest absolute Gasteiger partial charge is 0.344 e. The molecule has 162 valence electrons. The summed E-state index contributed by atoms with van der Waals surface area (Å²) in [5.74, 6) is -0.127. The van der Waals surface area contributed by atoms with E-state index in [1.807, 2.05) is 54.6 Å². The molecular formula is C26H28FNO3. The van der Waals surface area contributed by atoms with E-state index < -0.39 is 12.1 Å². The number of halogens is 1. The Morgan fingerprint density at radius 2 is 1.74 bits per heavy atom. The zero-order valence-electron chi connectivity index (χ0n) is 17.8. The summed E-state index contributed by atoms with van der Waals surface area (Å²) in [4.78, 5) is 10.9. The van der Waals surface area contributed by atoms with Gasteiger partial charge in [-0.1, -0.05) is 42.5 Å². The molecule has 1 unspecified atom stereocenters. The maximum atomic E-state index is 14.2. The molecule has 4 rings (SSSR count). The van der Waals surface area contributed by atoms with Crippen molar-refractivity contribution in [2.24, 2.45) is 0 Å². The molecule has 3 aromatic rings. The first-order chi connectivity index (χ1) is 14.9. The molecule has 4 nitrogen and oxygen atoms in total. The fourth-order valence-electron chi connectivity index (χ4n) is 4.62. The average Bonchev–Trinajstić information content (AvgIpc) is 3.23. The molecule has 0 radical (unpaired) electrons. The topological polar surface area (TPSA) is 58.6 Å². The molecule has 4 atom stereocenters. The summed E-state index contributed by atoms with van der Waals surface area (Å²) in [7, 11) is 0. The Morgan fingerprint density at radius 1 is 1.03 bits per heavy atom. The van der Waals surface area contributed by atoms with E-state index in [1.165, 1.54) is 12.5 Å². The molecule has 0 heterocycles. The van der Waals surface area contributed by atoms with Crippen LogP contribution in [-0.2, 0) is 4.79 Å². The Bertz CT molecular complexity index is 1070. The van der Waals surface area contributed by atoms with Gasteiger partial charge in [-0.05, 0) is 73.7 Å². The van der Waals surface area contributed by atoms with Gasteiger partial charge in [0.2, 0.25) is 0 Å². The SMILES string of the molecule is CC(Oc1ccc([C@@H]2CC[C@H](N[C@H](C)c3ccc(F)c4ccccc34)C2)cc1)C(=O)O. The quantitative estimate of drug-likeness (QED) is 0.505. The Labute approximate surface area is 182 Å². The van der Waals surface area contributed by atoms with E-state index in [1.54, 1.807) is 6.07 Å². The van der Waals surface area contributed by atoms with E-state index in [0.717, 1.165) is 30.2 Å². The van der Waals surface area contributed by atoms with E-state index in [4.69, 9.17) is 9.84 Å². The van der Waals surface area contributed by atoms with Crippen molar-refractivity contribution in [3.05, 3.63) is 77.6 Å². The van der Waals surface area contributed by atoms with E-state index in [0.29, 0.717) is 23.1 Å². The monoisotopic (exact) mass is 421 g/mol. The molecular weight excluding hydrogens is 393 g/mol. The van der Waals surface area contributed by atoms with Gasteiger partial charge in [-0.2, -0.15) is 0 Å². The standard InChI is InChI=1S/C26H28FNO3/c1-16(22-13-14-25(27)24-6-4-3-5-23(22)24)28-20-10-7-19(15-20)18-8-11-21(12-9-18)31-17(2)26(29)30/h3-6,8-9,11-14,16-17,19-20,28H,7,10,15H2,1-2H3,(H,29,30)/t16-,17?,19-,20+/m1/s1. The molecule has 1 saturated carbocycles. The van der Waals surface area contributed by atoms with Gasteiger partial charge < -0.3 is 15.2 Å². The van der Waals surface area contributed by atoms with Crippen LogP contribution < -0.4 is 10.1 Å². The second kappa shape index (κ2) is 9.06. The largest absolute Gasteiger partial charge is 0.479 e. The minimum Gasteiger partial charge on any atom is -0.479 e. The molecule has 0 saturated heterocycles. The van der Waals surface area contributed by atoms with Gasteiger partial charge in [0, 0.05) is 17.5 Å². The lowest BCUT2D eigenvalue weighted by atomic mass is 9.96. The van der Waals surface area contributed by atoms with Crippen molar-refractivity contribution in [3.8, 4) is 5.75 Å². The Hall–Kier alpha value is -2.92. The van der Waals surface area contributed by atoms with Gasteiger partial charge in [-0.25, -0.2) is 9.18 Å². The molecule has 31 heavy (non-hydrogen) atoms. The zero-order valence-corrected chi connectivity index (χ0v) is 17.8. The fourth-order valence-corrected chi connectivity index (χ4v) is 4.62. The second-order valence-corrected chi connectivity index (χ2v) is 8.44. The third-order valence-corrected chi connectivity index (χ3v) is 6.30. The van der Waals surface area contributed by atoms with E-state index >= 15 is 0 Å². The number of carboxylic acids is 1. The number of hydrogen-bond donors (Lipinski definition) is 2. The van der Waals surface area contributed by atoms with Gasteiger partial charge in [0.15, 0.2) is 6.10 Å². The number of carbonyl (C=O) groups is 1. The van der Waals surface area contributed by atoms with Crippen molar-refractivity contribution in [2.75, 3.05) is 0 Å². The highest BCUT2D eigenvalue weighted by Gasteiger charge is 2.27. The number of nitrogens with one attached hydrogen (secondary N) is 1. The minimum atomic E-state index is -0.975. The second-order valence-electron chi connectivity index (χ2n) is 8.44. The number of rotatable bonds is 7. The first-order valence-electron chi connectivity index (χ1n) is 10.8. The third kappa shape index (κ3) is 4.72. The van der Waals surface area contributed by atoms with Crippen molar-refractivity contribution in [1.82, 2.24) is 5.32 Å². The summed E-state index contributed by atoms with van der Waals surface area (Å²) < 4.78 is 19.6. The first-order valence-corrected chi connectivity index (χ1v) is 10.8. The van der Waals surface area contributed by atoms with E-state index in [-0.39, 0.29) is 11.9 Å². The van der Waals surface area contributed by atoms with Crippen LogP contribution in [0, 0.1) is 5.82 Å². The number of carboxylic acid groups (broad SMARTS) is 1. The van der Waals surface area contributed by atoms with Crippen molar-refractivity contribution in [1.29, 1.82) is 0 Å². The maximum absolute atomic E-state index is 14.2. The van der Waals surface area contributed by atoms with Gasteiger partial charge in [-0.3, -0.25) is 0 Å². The molecule has 0 aromatic heterocycles. The highest BCUT2D eigenvalue weighted by atomic mass is 19.1. The highest BCUT2D eigenvalue weighted by molar-refractivity contribution is 5.86. The number of benzene rings is 3. The van der Waals surface area contributed by atoms with Gasteiger partial charge in [0.25, 0.3) is 0 Å². The van der Waals surface area contributed by atoms with Crippen LogP contribution in [0.3, 0.4) is 0 Å². The first kappa shape index (κ1) is 21.3. The van der Waals surface area contributed by atoms with Crippen LogP contribution in [-0.4, -0.2) is 23.2 Å². The Morgan fingerprint density at radius 3 is 2.45 bits per heavy atom. The van der Waals surface area contributed by atoms with Crippen LogP contribution in [0.5, 0.6) is 5.75 Å². The van der Waals surface area contributed by atoms with Crippen LogP contribution in [0.15, 0.2) is 60.7 Å². The van der Waals surface area contributed by atoms with Crippen LogP contribution in [0.1, 0.15) is 56.2 Å². The molecule has 0 aliphatic heterocycles. The minimum absolute atomic E-state index is 0.127. The molecule has 0 amide bonds. The van der Waals surface area contributed by atoms with E-state index in [2.05, 4.69) is 12.2 Å². The average molecular weight is 422 g/mol. The summed E-state index contributed by atoms with van der Waals surface area (Å²) >= 11 is 0. The molecule has 5 heteroatoms. The summed E-state index contributed by atoms with van der Waals surface area (Å²) in [6, 6.07) is 19.4. The predicted molar refractivity (Wildman–Crippen MR) is 120 cm³/mol.